The fourth-order valence-corrected chi connectivity index (χ4v) is 1.74. The third-order valence-electron chi connectivity index (χ3n) is 2.32. The van der Waals surface area contributed by atoms with Gasteiger partial charge in [-0.15, -0.1) is 0 Å². The van der Waals surface area contributed by atoms with Crippen molar-refractivity contribution < 1.29 is 4.74 Å². The van der Waals surface area contributed by atoms with Crippen LogP contribution in [0.15, 0.2) is 6.20 Å². The largest absolute Gasteiger partial charge is 0.479 e. The monoisotopic (exact) mass is 228 g/mol. The fourth-order valence-electron chi connectivity index (χ4n) is 1.53. The molecule has 1 saturated heterocycles. The number of nitrogens with one attached hydrogen (secondary N) is 1. The Morgan fingerprint density at radius 2 is 2.20 bits per heavy atom. The molecule has 5 nitrogen and oxygen atoms in total. The molecule has 0 amide bonds. The lowest BCUT2D eigenvalue weighted by Crippen LogP contribution is -2.43. The van der Waals surface area contributed by atoms with E-state index in [1.165, 1.54) is 7.11 Å². The molecule has 1 fully saturated rings. The van der Waals surface area contributed by atoms with E-state index in [0.29, 0.717) is 11.0 Å². The lowest BCUT2D eigenvalue weighted by molar-refractivity contribution is 0.396. The third kappa shape index (κ3) is 2.30. The van der Waals surface area contributed by atoms with E-state index in [4.69, 9.17) is 16.3 Å². The summed E-state index contributed by atoms with van der Waals surface area (Å²) in [6.45, 7) is 3.78. The minimum absolute atomic E-state index is 0.313. The summed E-state index contributed by atoms with van der Waals surface area (Å²) in [5.74, 6) is 1.18. The van der Waals surface area contributed by atoms with Crippen LogP contribution in [0, 0.1) is 0 Å². The summed E-state index contributed by atoms with van der Waals surface area (Å²) in [6.07, 6.45) is 1.69. The molecule has 0 aliphatic carbocycles. The van der Waals surface area contributed by atoms with E-state index in [1.54, 1.807) is 6.20 Å². The highest BCUT2D eigenvalue weighted by atomic mass is 35.5. The van der Waals surface area contributed by atoms with Gasteiger partial charge in [0.05, 0.1) is 13.3 Å². The number of anilines is 1. The summed E-state index contributed by atoms with van der Waals surface area (Å²) >= 11 is 5.91. The first-order valence-corrected chi connectivity index (χ1v) is 5.21. The van der Waals surface area contributed by atoms with Crippen molar-refractivity contribution in [2.24, 2.45) is 0 Å². The molecule has 0 aromatic carbocycles. The van der Waals surface area contributed by atoms with Gasteiger partial charge in [0.1, 0.15) is 5.82 Å². The standard InChI is InChI=1S/C9H13ClN4O/c1-15-9-8(10)13-7(6-12-9)14-4-2-11-3-5-14/h6,11H,2-5H2,1H3. The summed E-state index contributed by atoms with van der Waals surface area (Å²) in [5.41, 5.74) is 0. The maximum Gasteiger partial charge on any atom is 0.251 e. The second-order valence-electron chi connectivity index (χ2n) is 3.27. The first-order valence-electron chi connectivity index (χ1n) is 4.83. The normalized spacial score (nSPS) is 16.5. The fraction of sp³-hybridized carbons (Fsp3) is 0.556. The molecule has 6 heteroatoms. The van der Waals surface area contributed by atoms with Crippen LogP contribution < -0.4 is 15.0 Å². The molecule has 0 saturated carbocycles. The highest BCUT2D eigenvalue weighted by molar-refractivity contribution is 6.30. The topological polar surface area (TPSA) is 50.3 Å². The second kappa shape index (κ2) is 4.63. The van der Waals surface area contributed by atoms with Crippen LogP contribution in [-0.2, 0) is 0 Å². The Bertz CT molecular complexity index is 341. The Morgan fingerprint density at radius 3 is 2.80 bits per heavy atom. The maximum atomic E-state index is 5.91. The number of hydrogen-bond donors (Lipinski definition) is 1. The van der Waals surface area contributed by atoms with Gasteiger partial charge >= 0.3 is 0 Å². The molecule has 0 atom stereocenters. The van der Waals surface area contributed by atoms with Crippen molar-refractivity contribution in [3.8, 4) is 5.88 Å². The number of methoxy groups -OCH3 is 1. The third-order valence-corrected chi connectivity index (χ3v) is 2.57. The average molecular weight is 229 g/mol. The number of piperazine rings is 1. The van der Waals surface area contributed by atoms with Gasteiger partial charge in [-0.3, -0.25) is 0 Å². The van der Waals surface area contributed by atoms with Gasteiger partial charge in [-0.1, -0.05) is 11.6 Å². The number of nitrogens with zero attached hydrogens (tertiary/aromatic N) is 3. The number of hydrogen-bond acceptors (Lipinski definition) is 5. The summed E-state index contributed by atoms with van der Waals surface area (Å²) < 4.78 is 4.95. The van der Waals surface area contributed by atoms with Gasteiger partial charge in [-0.2, -0.15) is 0 Å². The SMILES string of the molecule is COc1ncc(N2CCNCC2)nc1Cl. The van der Waals surface area contributed by atoms with E-state index in [1.807, 2.05) is 0 Å². The minimum atomic E-state index is 0.313. The predicted octanol–water partition coefficient (Wildman–Crippen LogP) is 0.548. The molecule has 1 aromatic rings. The quantitative estimate of drug-likeness (QED) is 0.801. The minimum Gasteiger partial charge on any atom is -0.479 e. The van der Waals surface area contributed by atoms with Gasteiger partial charge < -0.3 is 15.0 Å². The van der Waals surface area contributed by atoms with E-state index in [0.717, 1.165) is 32.0 Å². The van der Waals surface area contributed by atoms with Gasteiger partial charge in [-0.05, 0) is 0 Å². The van der Waals surface area contributed by atoms with Crippen LogP contribution >= 0.6 is 11.6 Å². The Kier molecular flexibility index (Phi) is 3.23. The Hall–Kier alpha value is -1.07. The summed E-state index contributed by atoms with van der Waals surface area (Å²) in [7, 11) is 1.53. The van der Waals surface area contributed by atoms with Crippen molar-refractivity contribution in [2.45, 2.75) is 0 Å². The van der Waals surface area contributed by atoms with Gasteiger partial charge in [0.2, 0.25) is 0 Å². The molecule has 2 rings (SSSR count). The molecule has 1 aromatic heterocycles. The number of ether oxygens (including phenoxy) is 1. The summed E-state index contributed by atoms with van der Waals surface area (Å²) in [6, 6.07) is 0. The van der Waals surface area contributed by atoms with Crippen molar-refractivity contribution in [1.82, 2.24) is 15.3 Å². The molecular weight excluding hydrogens is 216 g/mol. The smallest absolute Gasteiger partial charge is 0.251 e. The molecule has 0 bridgehead atoms. The summed E-state index contributed by atoms with van der Waals surface area (Å²) in [4.78, 5) is 10.5. The van der Waals surface area contributed by atoms with Crippen LogP contribution in [0.5, 0.6) is 5.88 Å². The van der Waals surface area contributed by atoms with Crippen LogP contribution in [-0.4, -0.2) is 43.3 Å². The lowest BCUT2D eigenvalue weighted by Gasteiger charge is -2.28. The Morgan fingerprint density at radius 1 is 1.47 bits per heavy atom. The summed E-state index contributed by atoms with van der Waals surface area (Å²) in [5, 5.41) is 3.59. The van der Waals surface area contributed by atoms with Gasteiger partial charge in [0, 0.05) is 26.2 Å². The van der Waals surface area contributed by atoms with Crippen LogP contribution in [0.4, 0.5) is 5.82 Å². The van der Waals surface area contributed by atoms with E-state index in [9.17, 15) is 0 Å². The highest BCUT2D eigenvalue weighted by Crippen LogP contribution is 2.21. The van der Waals surface area contributed by atoms with Gasteiger partial charge in [-0.25, -0.2) is 9.97 Å². The number of aromatic nitrogens is 2. The highest BCUT2D eigenvalue weighted by Gasteiger charge is 2.14. The van der Waals surface area contributed by atoms with Crippen LogP contribution in [0.25, 0.3) is 0 Å². The second-order valence-corrected chi connectivity index (χ2v) is 3.62. The zero-order chi connectivity index (χ0) is 10.7. The molecule has 0 spiro atoms. The number of rotatable bonds is 2. The average Bonchev–Trinajstić information content (AvgIpc) is 2.30. The van der Waals surface area contributed by atoms with Crippen molar-refractivity contribution in [2.75, 3.05) is 38.2 Å². The Labute approximate surface area is 93.4 Å². The molecule has 2 heterocycles. The van der Waals surface area contributed by atoms with Crippen molar-refractivity contribution >= 4 is 17.4 Å². The zero-order valence-corrected chi connectivity index (χ0v) is 9.29. The van der Waals surface area contributed by atoms with Crippen LogP contribution in [0.3, 0.4) is 0 Å². The molecule has 1 aliphatic heterocycles. The molecule has 15 heavy (non-hydrogen) atoms. The zero-order valence-electron chi connectivity index (χ0n) is 8.53. The van der Waals surface area contributed by atoms with Crippen molar-refractivity contribution in [3.05, 3.63) is 11.3 Å². The molecule has 1 N–H and O–H groups in total. The molecular formula is C9H13ClN4O. The van der Waals surface area contributed by atoms with E-state index < -0.39 is 0 Å². The van der Waals surface area contributed by atoms with Crippen molar-refractivity contribution in [1.29, 1.82) is 0 Å². The van der Waals surface area contributed by atoms with Gasteiger partial charge in [0.25, 0.3) is 5.88 Å². The molecule has 0 radical (unpaired) electrons. The predicted molar refractivity (Wildman–Crippen MR) is 58.7 cm³/mol. The Balaban J connectivity index is 2.17. The van der Waals surface area contributed by atoms with Crippen LogP contribution in [0.2, 0.25) is 5.15 Å². The molecule has 82 valence electrons. The van der Waals surface area contributed by atoms with Crippen LogP contribution in [0.1, 0.15) is 0 Å². The maximum absolute atomic E-state index is 5.91. The van der Waals surface area contributed by atoms with E-state index in [2.05, 4.69) is 20.2 Å². The first kappa shape index (κ1) is 10.4. The molecule has 0 unspecified atom stereocenters. The van der Waals surface area contributed by atoms with Gasteiger partial charge in [0.15, 0.2) is 5.15 Å². The van der Waals surface area contributed by atoms with Crippen molar-refractivity contribution in [3.63, 3.8) is 0 Å². The van der Waals surface area contributed by atoms with E-state index >= 15 is 0 Å². The molecule has 1 aliphatic rings. The first-order chi connectivity index (χ1) is 7.31. The van der Waals surface area contributed by atoms with E-state index in [-0.39, 0.29) is 0 Å². The lowest BCUT2D eigenvalue weighted by atomic mass is 10.3. The number of halogens is 1.